The van der Waals surface area contributed by atoms with Gasteiger partial charge in [0.1, 0.15) is 13.2 Å². The molecule has 142 valence electrons. The molecule has 1 fully saturated rings. The maximum Gasteiger partial charge on any atom is 0.326 e. The zero-order valence-corrected chi connectivity index (χ0v) is 15.8. The Morgan fingerprint density at radius 1 is 1.40 bits per heavy atom. The second kappa shape index (κ2) is 10.9. The summed E-state index contributed by atoms with van der Waals surface area (Å²) in [5, 5.41) is 16.2. The number of hydrogen-bond donors (Lipinski definition) is 2. The lowest BCUT2D eigenvalue weighted by Crippen LogP contribution is -2.45. The summed E-state index contributed by atoms with van der Waals surface area (Å²) in [4.78, 5) is 28.7. The maximum atomic E-state index is 12.4. The van der Waals surface area contributed by atoms with Crippen LogP contribution in [0.15, 0.2) is 17.3 Å². The molecule has 0 bridgehead atoms. The predicted octanol–water partition coefficient (Wildman–Crippen LogP) is 3.38. The van der Waals surface area contributed by atoms with E-state index in [1.807, 2.05) is 13.8 Å². The Bertz CT molecular complexity index is 502. The third-order valence-corrected chi connectivity index (χ3v) is 5.01. The van der Waals surface area contributed by atoms with Crippen molar-refractivity contribution in [2.24, 2.45) is 22.9 Å². The molecule has 25 heavy (non-hydrogen) atoms. The van der Waals surface area contributed by atoms with Gasteiger partial charge in [0.15, 0.2) is 0 Å². The van der Waals surface area contributed by atoms with E-state index >= 15 is 0 Å². The van der Waals surface area contributed by atoms with Crippen LogP contribution in [0.25, 0.3) is 0 Å². The molecule has 1 saturated carbocycles. The molecule has 1 aliphatic rings. The van der Waals surface area contributed by atoms with Crippen molar-refractivity contribution in [3.05, 3.63) is 12.2 Å². The zero-order chi connectivity index (χ0) is 18.8. The minimum absolute atomic E-state index is 0.0982. The summed E-state index contributed by atoms with van der Waals surface area (Å²) in [5.41, 5.74) is 0.998. The molecule has 0 aromatic carbocycles. The van der Waals surface area contributed by atoms with Crippen molar-refractivity contribution in [2.45, 2.75) is 65.3 Å². The van der Waals surface area contributed by atoms with Gasteiger partial charge >= 0.3 is 5.97 Å². The molecule has 0 aromatic heterocycles. The average molecular weight is 352 g/mol. The van der Waals surface area contributed by atoms with Crippen LogP contribution in [0, 0.1) is 17.8 Å². The summed E-state index contributed by atoms with van der Waals surface area (Å²) < 4.78 is 0. The molecule has 0 heterocycles. The Balaban J connectivity index is 2.74. The van der Waals surface area contributed by atoms with E-state index in [1.165, 1.54) is 7.11 Å². The lowest BCUT2D eigenvalue weighted by atomic mass is 9.88. The third kappa shape index (κ3) is 6.52. The maximum absolute atomic E-state index is 12.4. The molecule has 1 amide bonds. The van der Waals surface area contributed by atoms with E-state index in [1.54, 1.807) is 0 Å². The van der Waals surface area contributed by atoms with Crippen LogP contribution in [0.4, 0.5) is 0 Å². The fourth-order valence-corrected chi connectivity index (χ4v) is 3.36. The number of carbonyl (C=O) groups excluding carboxylic acids is 1. The Morgan fingerprint density at radius 2 is 2.12 bits per heavy atom. The van der Waals surface area contributed by atoms with Gasteiger partial charge < -0.3 is 15.3 Å². The molecule has 4 atom stereocenters. The number of hydrogen-bond acceptors (Lipinski definition) is 4. The SMILES string of the molecule is CC/C=C\C[C@H]1/C(=N/OC)CC[C@@H]1CC(=O)N[C@H](C(=O)O)[C@@H](C)CC. The molecule has 0 radical (unpaired) electrons. The van der Waals surface area contributed by atoms with Gasteiger partial charge in [0, 0.05) is 12.3 Å². The molecule has 2 N–H and O–H groups in total. The normalized spacial score (nSPS) is 24.4. The topological polar surface area (TPSA) is 88.0 Å². The largest absolute Gasteiger partial charge is 0.480 e. The van der Waals surface area contributed by atoms with Crippen molar-refractivity contribution < 1.29 is 19.5 Å². The first kappa shape index (κ1) is 21.2. The van der Waals surface area contributed by atoms with Gasteiger partial charge in [-0.1, -0.05) is 44.5 Å². The summed E-state index contributed by atoms with van der Waals surface area (Å²) in [5.74, 6) is -0.917. The third-order valence-electron chi connectivity index (χ3n) is 5.01. The van der Waals surface area contributed by atoms with E-state index in [4.69, 9.17) is 4.84 Å². The Morgan fingerprint density at radius 3 is 2.68 bits per heavy atom. The molecule has 0 saturated heterocycles. The Hall–Kier alpha value is -1.85. The highest BCUT2D eigenvalue weighted by Gasteiger charge is 2.35. The number of nitrogens with zero attached hydrogens (tertiary/aromatic N) is 1. The first-order valence-electron chi connectivity index (χ1n) is 9.21. The van der Waals surface area contributed by atoms with Crippen LogP contribution in [0.5, 0.6) is 0 Å². The van der Waals surface area contributed by atoms with Crippen molar-refractivity contribution in [3.8, 4) is 0 Å². The van der Waals surface area contributed by atoms with Crippen LogP contribution in [0.1, 0.15) is 59.3 Å². The highest BCUT2D eigenvalue weighted by atomic mass is 16.6. The summed E-state index contributed by atoms with van der Waals surface area (Å²) in [6.45, 7) is 5.85. The summed E-state index contributed by atoms with van der Waals surface area (Å²) in [6, 6.07) is -0.829. The van der Waals surface area contributed by atoms with Crippen molar-refractivity contribution in [1.29, 1.82) is 0 Å². The molecule has 1 rings (SSSR count). The average Bonchev–Trinajstić information content (AvgIpc) is 2.94. The Kier molecular flexibility index (Phi) is 9.24. The van der Waals surface area contributed by atoms with Gasteiger partial charge in [-0.3, -0.25) is 4.79 Å². The van der Waals surface area contributed by atoms with Crippen LogP contribution >= 0.6 is 0 Å². The molecule has 0 unspecified atom stereocenters. The minimum Gasteiger partial charge on any atom is -0.480 e. The summed E-state index contributed by atoms with van der Waals surface area (Å²) in [7, 11) is 1.54. The van der Waals surface area contributed by atoms with Gasteiger partial charge in [0.2, 0.25) is 5.91 Å². The molecule has 6 nitrogen and oxygen atoms in total. The lowest BCUT2D eigenvalue weighted by Gasteiger charge is -2.22. The highest BCUT2D eigenvalue weighted by Crippen LogP contribution is 2.35. The molecular weight excluding hydrogens is 320 g/mol. The van der Waals surface area contributed by atoms with Crippen molar-refractivity contribution >= 4 is 17.6 Å². The van der Waals surface area contributed by atoms with Gasteiger partial charge in [-0.25, -0.2) is 4.79 Å². The number of nitrogens with one attached hydrogen (secondary N) is 1. The van der Waals surface area contributed by atoms with Crippen LogP contribution in [-0.2, 0) is 14.4 Å². The number of allylic oxidation sites excluding steroid dienone is 2. The lowest BCUT2D eigenvalue weighted by molar-refractivity contribution is -0.143. The van der Waals surface area contributed by atoms with Gasteiger partial charge in [0.25, 0.3) is 0 Å². The van der Waals surface area contributed by atoms with Gasteiger partial charge in [-0.15, -0.1) is 0 Å². The van der Waals surface area contributed by atoms with Gasteiger partial charge in [-0.05, 0) is 37.5 Å². The molecule has 0 aromatic rings. The number of rotatable bonds is 10. The van der Waals surface area contributed by atoms with Crippen LogP contribution in [-0.4, -0.2) is 35.8 Å². The van der Waals surface area contributed by atoms with E-state index < -0.39 is 12.0 Å². The van der Waals surface area contributed by atoms with Crippen LogP contribution < -0.4 is 5.32 Å². The van der Waals surface area contributed by atoms with Gasteiger partial charge in [-0.2, -0.15) is 0 Å². The first-order chi connectivity index (χ1) is 11.9. The first-order valence-corrected chi connectivity index (χ1v) is 9.21. The molecule has 0 aliphatic heterocycles. The van der Waals surface area contributed by atoms with Crippen molar-refractivity contribution in [2.75, 3.05) is 7.11 Å². The number of amides is 1. The van der Waals surface area contributed by atoms with Crippen LogP contribution in [0.3, 0.4) is 0 Å². The Labute approximate surface area is 150 Å². The predicted molar refractivity (Wildman–Crippen MR) is 98.3 cm³/mol. The fourth-order valence-electron chi connectivity index (χ4n) is 3.36. The summed E-state index contributed by atoms with van der Waals surface area (Å²) in [6.07, 6.45) is 8.79. The number of carboxylic acid groups (broad SMARTS) is 1. The number of aliphatic carboxylic acids is 1. The van der Waals surface area contributed by atoms with E-state index in [-0.39, 0.29) is 23.7 Å². The zero-order valence-electron chi connectivity index (χ0n) is 15.8. The molecular formula is C19H32N2O4. The smallest absolute Gasteiger partial charge is 0.326 e. The number of carbonyl (C=O) groups is 2. The minimum atomic E-state index is -0.974. The second-order valence-electron chi connectivity index (χ2n) is 6.76. The van der Waals surface area contributed by atoms with Crippen molar-refractivity contribution in [3.63, 3.8) is 0 Å². The van der Waals surface area contributed by atoms with E-state index in [0.29, 0.717) is 12.8 Å². The van der Waals surface area contributed by atoms with E-state index in [2.05, 4.69) is 29.5 Å². The number of oxime groups is 1. The van der Waals surface area contributed by atoms with Gasteiger partial charge in [0.05, 0.1) is 5.71 Å². The molecule has 0 spiro atoms. The molecule has 6 heteroatoms. The highest BCUT2D eigenvalue weighted by molar-refractivity contribution is 5.90. The van der Waals surface area contributed by atoms with E-state index in [9.17, 15) is 14.7 Å². The monoisotopic (exact) mass is 352 g/mol. The van der Waals surface area contributed by atoms with Crippen LogP contribution in [0.2, 0.25) is 0 Å². The van der Waals surface area contributed by atoms with Crippen molar-refractivity contribution in [1.82, 2.24) is 5.32 Å². The quantitative estimate of drug-likeness (QED) is 0.466. The standard InChI is InChI=1S/C19H32N2O4/c1-5-7-8-9-15-14(10-11-16(15)21-25-4)12-17(22)20-18(19(23)24)13(3)6-2/h7-8,13-15,18H,5-6,9-12H2,1-4H3,(H,20,22)(H,23,24)/b8-7-,21-16+/t13-,14+,15+,18-/m0/s1. The molecule has 1 aliphatic carbocycles. The fraction of sp³-hybridized carbons (Fsp3) is 0.737. The number of carboxylic acids is 1. The second-order valence-corrected chi connectivity index (χ2v) is 6.76. The van der Waals surface area contributed by atoms with E-state index in [0.717, 1.165) is 31.4 Å². The summed E-state index contributed by atoms with van der Waals surface area (Å²) >= 11 is 0.